The van der Waals surface area contributed by atoms with E-state index in [0.29, 0.717) is 11.5 Å². The average molecular weight is 358 g/mol. The van der Waals surface area contributed by atoms with E-state index in [2.05, 4.69) is 9.88 Å². The van der Waals surface area contributed by atoms with Gasteiger partial charge in [-0.3, -0.25) is 4.79 Å². The lowest BCUT2D eigenvalue weighted by molar-refractivity contribution is 0.0684. The molecule has 0 unspecified atom stereocenters. The van der Waals surface area contributed by atoms with Gasteiger partial charge in [-0.05, 0) is 19.9 Å². The number of nitrogens with two attached hydrogens (primary N) is 2. The molecule has 0 atom stereocenters. The monoisotopic (exact) mass is 358 g/mol. The molecule has 2 aromatic rings. The maximum atomic E-state index is 12.5. The molecule has 1 aliphatic heterocycles. The van der Waals surface area contributed by atoms with Crippen LogP contribution >= 0.6 is 0 Å². The van der Waals surface area contributed by atoms with Crippen molar-refractivity contribution in [3.63, 3.8) is 0 Å². The van der Waals surface area contributed by atoms with Crippen LogP contribution < -0.4 is 21.8 Å². The topological polar surface area (TPSA) is 131 Å². The normalized spacial score (nSPS) is 18.4. The van der Waals surface area contributed by atoms with Crippen molar-refractivity contribution < 1.29 is 9.90 Å². The van der Waals surface area contributed by atoms with Gasteiger partial charge in [-0.2, -0.15) is 0 Å². The third-order valence-electron chi connectivity index (χ3n) is 5.17. The van der Waals surface area contributed by atoms with Crippen molar-refractivity contribution in [1.29, 1.82) is 0 Å². The smallest absolute Gasteiger partial charge is 0.352 e. The zero-order valence-corrected chi connectivity index (χ0v) is 14.6. The molecule has 0 amide bonds. The Morgan fingerprint density at radius 3 is 2.42 bits per heavy atom. The maximum absolute atomic E-state index is 12.5. The van der Waals surface area contributed by atoms with Gasteiger partial charge in [0.25, 0.3) is 0 Å². The van der Waals surface area contributed by atoms with Gasteiger partial charge in [0.2, 0.25) is 0 Å². The molecule has 0 bridgehead atoms. The van der Waals surface area contributed by atoms with E-state index < -0.39 is 11.4 Å². The molecular weight excluding hydrogens is 336 g/mol. The first-order chi connectivity index (χ1) is 12.4. The molecule has 138 valence electrons. The summed E-state index contributed by atoms with van der Waals surface area (Å²) in [6.07, 6.45) is 1.71. The Morgan fingerprint density at radius 1 is 1.19 bits per heavy atom. The van der Waals surface area contributed by atoms with Crippen LogP contribution in [0.1, 0.15) is 29.4 Å². The Balaban J connectivity index is 1.98. The summed E-state index contributed by atoms with van der Waals surface area (Å²) in [4.78, 5) is 33.1. The second-order valence-corrected chi connectivity index (χ2v) is 7.05. The number of nitrogens with zero attached hydrogens (tertiary/aromatic N) is 4. The number of carbonyl (C=O) groups is 1. The van der Waals surface area contributed by atoms with Gasteiger partial charge in [0.15, 0.2) is 11.2 Å². The van der Waals surface area contributed by atoms with Gasteiger partial charge in [-0.1, -0.05) is 0 Å². The largest absolute Gasteiger partial charge is 0.477 e. The summed E-state index contributed by atoms with van der Waals surface area (Å²) < 4.78 is 1.63. The number of rotatable bonds is 3. The summed E-state index contributed by atoms with van der Waals surface area (Å²) in [5, 5.41) is 9.74. The number of hydrogen-bond donors (Lipinski definition) is 3. The first-order valence-corrected chi connectivity index (χ1v) is 8.69. The van der Waals surface area contributed by atoms with Crippen LogP contribution in [0, 0.1) is 0 Å². The van der Waals surface area contributed by atoms with Gasteiger partial charge in [0.1, 0.15) is 11.3 Å². The van der Waals surface area contributed by atoms with E-state index in [4.69, 9.17) is 11.5 Å². The molecule has 5 N–H and O–H groups in total. The first-order valence-electron chi connectivity index (χ1n) is 8.69. The van der Waals surface area contributed by atoms with Crippen LogP contribution in [0.2, 0.25) is 0 Å². The van der Waals surface area contributed by atoms with Crippen LogP contribution in [0.4, 0.5) is 17.2 Å². The molecular formula is C17H22N6O3. The van der Waals surface area contributed by atoms with Gasteiger partial charge in [0, 0.05) is 38.3 Å². The van der Waals surface area contributed by atoms with E-state index >= 15 is 0 Å². The summed E-state index contributed by atoms with van der Waals surface area (Å²) in [7, 11) is 2.05. The molecule has 2 aliphatic rings. The third kappa shape index (κ3) is 2.55. The molecule has 0 spiro atoms. The van der Waals surface area contributed by atoms with Gasteiger partial charge < -0.3 is 30.9 Å². The fourth-order valence-corrected chi connectivity index (χ4v) is 3.52. The van der Waals surface area contributed by atoms with E-state index in [1.165, 1.54) is 0 Å². The number of aromatic carboxylic acids is 1. The van der Waals surface area contributed by atoms with Gasteiger partial charge >= 0.3 is 5.97 Å². The molecule has 4 rings (SSSR count). The highest BCUT2D eigenvalue weighted by atomic mass is 16.4. The minimum Gasteiger partial charge on any atom is -0.477 e. The van der Waals surface area contributed by atoms with Crippen LogP contribution in [-0.2, 0) is 0 Å². The first kappa shape index (κ1) is 16.6. The van der Waals surface area contributed by atoms with Gasteiger partial charge in [0.05, 0.1) is 16.8 Å². The number of aromatic nitrogens is 2. The minimum absolute atomic E-state index is 0.0278. The second kappa shape index (κ2) is 5.87. The zero-order chi connectivity index (χ0) is 18.6. The lowest BCUT2D eigenvalue weighted by atomic mass is 10.1. The molecule has 1 saturated carbocycles. The predicted molar refractivity (Wildman–Crippen MR) is 99.8 cm³/mol. The molecule has 0 aromatic carbocycles. The minimum atomic E-state index is -1.14. The number of nitrogen functional groups attached to an aromatic ring is 2. The van der Waals surface area contributed by atoms with Crippen molar-refractivity contribution in [3.8, 4) is 0 Å². The molecule has 2 aromatic heterocycles. The Hall–Kier alpha value is -2.81. The standard InChI is InChI=1S/C17H22N6O3/c1-21-4-6-22(7-5-21)16-14(19)13(18)12-11(24)8-10(17(25)26)23(9-2-3-9)15(12)20-16/h8-9H,2-7,19H2,1H3,(H2,18,20)(H,25,26). The van der Waals surface area contributed by atoms with Crippen LogP contribution in [0.15, 0.2) is 10.9 Å². The van der Waals surface area contributed by atoms with Gasteiger partial charge in [-0.15, -0.1) is 0 Å². The van der Waals surface area contributed by atoms with E-state index in [1.807, 2.05) is 11.9 Å². The lowest BCUT2D eigenvalue weighted by Gasteiger charge is -2.34. The zero-order valence-electron chi connectivity index (χ0n) is 14.6. The Bertz CT molecular complexity index is 957. The number of pyridine rings is 2. The van der Waals surface area contributed by atoms with Crippen LogP contribution in [0.25, 0.3) is 11.0 Å². The van der Waals surface area contributed by atoms with Crippen molar-refractivity contribution in [3.05, 3.63) is 22.0 Å². The fraction of sp³-hybridized carbons (Fsp3) is 0.471. The molecule has 1 saturated heterocycles. The highest BCUT2D eigenvalue weighted by Crippen LogP contribution is 2.40. The summed E-state index contributed by atoms with van der Waals surface area (Å²) in [5.41, 5.74) is 12.7. The SMILES string of the molecule is CN1CCN(c2nc3c(c(N)c2N)c(=O)cc(C(=O)O)n3C2CC2)CC1. The number of hydrogen-bond acceptors (Lipinski definition) is 7. The molecule has 1 aliphatic carbocycles. The summed E-state index contributed by atoms with van der Waals surface area (Å²) in [5.74, 6) is -0.617. The van der Waals surface area contributed by atoms with E-state index in [0.717, 1.165) is 45.1 Å². The number of piperazine rings is 1. The van der Waals surface area contributed by atoms with E-state index in [9.17, 15) is 14.7 Å². The van der Waals surface area contributed by atoms with Crippen molar-refractivity contribution in [1.82, 2.24) is 14.5 Å². The maximum Gasteiger partial charge on any atom is 0.352 e. The van der Waals surface area contributed by atoms with Crippen molar-refractivity contribution in [2.75, 3.05) is 49.6 Å². The Morgan fingerprint density at radius 2 is 1.85 bits per heavy atom. The van der Waals surface area contributed by atoms with Crippen molar-refractivity contribution >= 4 is 34.2 Å². The fourth-order valence-electron chi connectivity index (χ4n) is 3.52. The Labute approximate surface area is 149 Å². The van der Waals surface area contributed by atoms with Crippen LogP contribution in [0.5, 0.6) is 0 Å². The van der Waals surface area contributed by atoms with Gasteiger partial charge in [-0.25, -0.2) is 9.78 Å². The molecule has 3 heterocycles. The number of likely N-dealkylation sites (N-methyl/N-ethyl adjacent to an activating group) is 1. The molecule has 2 fully saturated rings. The Kier molecular flexibility index (Phi) is 3.76. The van der Waals surface area contributed by atoms with Crippen LogP contribution in [0.3, 0.4) is 0 Å². The molecule has 0 radical (unpaired) electrons. The number of carboxylic acid groups (broad SMARTS) is 1. The van der Waals surface area contributed by atoms with Crippen molar-refractivity contribution in [2.24, 2.45) is 0 Å². The summed E-state index contributed by atoms with van der Waals surface area (Å²) in [6.45, 7) is 3.21. The molecule has 26 heavy (non-hydrogen) atoms. The summed E-state index contributed by atoms with van der Waals surface area (Å²) in [6, 6.07) is 1.15. The number of fused-ring (bicyclic) bond motifs is 1. The average Bonchev–Trinajstić information content (AvgIpc) is 3.43. The third-order valence-corrected chi connectivity index (χ3v) is 5.17. The highest BCUT2D eigenvalue weighted by molar-refractivity contribution is 6.00. The number of anilines is 3. The van der Waals surface area contributed by atoms with Crippen molar-refractivity contribution in [2.45, 2.75) is 18.9 Å². The predicted octanol–water partition coefficient (Wildman–Crippen LogP) is 0.346. The highest BCUT2D eigenvalue weighted by Gasteiger charge is 2.31. The van der Waals surface area contributed by atoms with Crippen LogP contribution in [-0.4, -0.2) is 58.8 Å². The second-order valence-electron chi connectivity index (χ2n) is 7.05. The quantitative estimate of drug-likeness (QED) is 0.716. The lowest BCUT2D eigenvalue weighted by Crippen LogP contribution is -2.45. The van der Waals surface area contributed by atoms with E-state index in [1.54, 1.807) is 4.57 Å². The molecule has 9 nitrogen and oxygen atoms in total. The number of carboxylic acids is 1. The van der Waals surface area contributed by atoms with E-state index in [-0.39, 0.29) is 28.5 Å². The molecule has 9 heteroatoms. The summed E-state index contributed by atoms with van der Waals surface area (Å²) >= 11 is 0.